The second-order valence-corrected chi connectivity index (χ2v) is 10.5. The summed E-state index contributed by atoms with van der Waals surface area (Å²) >= 11 is 3.21. The Kier molecular flexibility index (Phi) is 6.36. The number of thiophene rings is 1. The number of fused-ring (bicyclic) bond motifs is 1. The van der Waals surface area contributed by atoms with Gasteiger partial charge in [0, 0.05) is 29.1 Å². The van der Waals surface area contributed by atoms with E-state index in [1.54, 1.807) is 17.4 Å². The van der Waals surface area contributed by atoms with Gasteiger partial charge in [0.1, 0.15) is 5.82 Å². The van der Waals surface area contributed by atoms with Gasteiger partial charge >= 0.3 is 0 Å². The van der Waals surface area contributed by atoms with Crippen molar-refractivity contribution in [1.29, 1.82) is 0 Å². The van der Waals surface area contributed by atoms with E-state index in [1.807, 2.05) is 19.1 Å². The van der Waals surface area contributed by atoms with E-state index in [1.165, 1.54) is 35.9 Å². The monoisotopic (exact) mass is 470 g/mol. The number of aromatic nitrogens is 3. The molecule has 1 atom stereocenters. The number of benzene rings is 1. The molecule has 1 amide bonds. The van der Waals surface area contributed by atoms with Gasteiger partial charge in [-0.25, -0.2) is 0 Å². The van der Waals surface area contributed by atoms with Crippen LogP contribution in [0.4, 0.5) is 5.69 Å². The minimum atomic E-state index is -0.318. The van der Waals surface area contributed by atoms with Gasteiger partial charge in [-0.05, 0) is 43.3 Å². The summed E-state index contributed by atoms with van der Waals surface area (Å²) in [7, 11) is 0. The maximum absolute atomic E-state index is 12.9. The average Bonchev–Trinajstić information content (AvgIpc) is 3.56. The number of thioether (sulfide) groups is 1. The molecule has 0 radical (unpaired) electrons. The highest BCUT2D eigenvalue weighted by atomic mass is 32.2. The van der Waals surface area contributed by atoms with Crippen molar-refractivity contribution in [2.75, 3.05) is 12.1 Å². The smallest absolute Gasteiger partial charge is 0.237 e. The summed E-state index contributed by atoms with van der Waals surface area (Å²) in [4.78, 5) is 14.2. The number of amides is 1. The van der Waals surface area contributed by atoms with E-state index in [0.29, 0.717) is 23.2 Å². The van der Waals surface area contributed by atoms with E-state index in [-0.39, 0.29) is 18.0 Å². The fourth-order valence-electron chi connectivity index (χ4n) is 4.21. The normalized spacial score (nSPS) is 16.8. The number of ether oxygens (including phenoxy) is 2. The molecule has 168 valence electrons. The minimum absolute atomic E-state index is 0.0770. The Bertz CT molecular complexity index is 1080. The van der Waals surface area contributed by atoms with Gasteiger partial charge in [-0.2, -0.15) is 0 Å². The molecule has 0 spiro atoms. The molecule has 0 saturated heterocycles. The third kappa shape index (κ3) is 4.63. The van der Waals surface area contributed by atoms with Crippen molar-refractivity contribution in [3.8, 4) is 11.5 Å². The van der Waals surface area contributed by atoms with Crippen LogP contribution >= 0.6 is 23.1 Å². The summed E-state index contributed by atoms with van der Waals surface area (Å²) in [6.07, 6.45) is 6.80. The largest absolute Gasteiger partial charge is 0.454 e. The lowest BCUT2D eigenvalue weighted by Crippen LogP contribution is -2.24. The number of hydrogen-bond donors (Lipinski definition) is 1. The molecule has 9 heteroatoms. The molecule has 32 heavy (non-hydrogen) atoms. The molecule has 1 fully saturated rings. The van der Waals surface area contributed by atoms with E-state index in [2.05, 4.69) is 37.6 Å². The van der Waals surface area contributed by atoms with Crippen molar-refractivity contribution >= 4 is 34.7 Å². The van der Waals surface area contributed by atoms with Crippen LogP contribution in [0.25, 0.3) is 0 Å². The summed E-state index contributed by atoms with van der Waals surface area (Å²) in [5.74, 6) is 2.26. The number of hydrogen-bond acceptors (Lipinski definition) is 7. The molecule has 7 nitrogen and oxygen atoms in total. The van der Waals surface area contributed by atoms with Crippen molar-refractivity contribution in [3.63, 3.8) is 0 Å². The summed E-state index contributed by atoms with van der Waals surface area (Å²) in [5, 5.41) is 14.6. The summed E-state index contributed by atoms with van der Waals surface area (Å²) in [6.45, 7) is 2.12. The molecule has 1 aromatic carbocycles. The molecule has 3 aromatic rings. The lowest BCUT2D eigenvalue weighted by Gasteiger charge is -2.26. The molecule has 2 aromatic heterocycles. The lowest BCUT2D eigenvalue weighted by molar-refractivity contribution is -0.115. The first-order valence-corrected chi connectivity index (χ1v) is 12.8. The molecule has 3 heterocycles. The number of nitrogens with zero attached hydrogens (tertiary/aromatic N) is 3. The van der Waals surface area contributed by atoms with E-state index >= 15 is 0 Å². The van der Waals surface area contributed by atoms with Gasteiger partial charge in [0.05, 0.1) is 5.25 Å². The first-order valence-electron chi connectivity index (χ1n) is 11.0. The molecule has 1 N–H and O–H groups in total. The molecule has 0 bridgehead atoms. The third-order valence-corrected chi connectivity index (χ3v) is 7.81. The van der Waals surface area contributed by atoms with Gasteiger partial charge in [-0.1, -0.05) is 37.1 Å². The molecule has 0 unspecified atom stereocenters. The highest BCUT2D eigenvalue weighted by molar-refractivity contribution is 8.00. The zero-order chi connectivity index (χ0) is 21.9. The van der Waals surface area contributed by atoms with E-state index in [0.717, 1.165) is 30.2 Å². The van der Waals surface area contributed by atoms with Gasteiger partial charge in [-0.3, -0.25) is 4.79 Å². The second kappa shape index (κ2) is 9.54. The number of carbonyl (C=O) groups excluding carboxylic acids is 1. The highest BCUT2D eigenvalue weighted by Gasteiger charge is 2.26. The average molecular weight is 471 g/mol. The van der Waals surface area contributed by atoms with Gasteiger partial charge in [0.15, 0.2) is 16.7 Å². The lowest BCUT2D eigenvalue weighted by atomic mass is 9.95. The van der Waals surface area contributed by atoms with Crippen molar-refractivity contribution in [1.82, 2.24) is 14.8 Å². The molecule has 1 aliphatic heterocycles. The van der Waals surface area contributed by atoms with Crippen molar-refractivity contribution in [3.05, 3.63) is 46.4 Å². The standard InChI is InChI=1S/C23H26N4O3S2/c1-15(22(28)24-16-9-10-19-20(12-16)30-14-29-19)32-23-26-25-21(13-18-8-5-11-31-18)27(23)17-6-3-2-4-7-17/h5,8-12,15,17H,2-4,6-7,13-14H2,1H3,(H,24,28)/t15-/m0/s1. The Morgan fingerprint density at radius 3 is 2.88 bits per heavy atom. The van der Waals surface area contributed by atoms with Crippen LogP contribution in [0.5, 0.6) is 11.5 Å². The van der Waals surface area contributed by atoms with Crippen molar-refractivity contribution in [2.24, 2.45) is 0 Å². The molecular weight excluding hydrogens is 444 g/mol. The van der Waals surface area contributed by atoms with E-state index in [9.17, 15) is 4.79 Å². The first-order chi connectivity index (χ1) is 15.7. The zero-order valence-electron chi connectivity index (χ0n) is 18.0. The van der Waals surface area contributed by atoms with Crippen LogP contribution < -0.4 is 14.8 Å². The SMILES string of the molecule is C[C@H](Sc1nnc(Cc2cccs2)n1C1CCCCC1)C(=O)Nc1ccc2c(c1)OCO2. The topological polar surface area (TPSA) is 78.3 Å². The van der Waals surface area contributed by atoms with Crippen LogP contribution in [0.3, 0.4) is 0 Å². The molecule has 2 aliphatic rings. The fourth-order valence-corrected chi connectivity index (χ4v) is 5.85. The Morgan fingerprint density at radius 1 is 1.22 bits per heavy atom. The number of rotatable bonds is 7. The predicted octanol–water partition coefficient (Wildman–Crippen LogP) is 5.28. The summed E-state index contributed by atoms with van der Waals surface area (Å²) < 4.78 is 13.0. The highest BCUT2D eigenvalue weighted by Crippen LogP contribution is 2.36. The Morgan fingerprint density at radius 2 is 2.06 bits per heavy atom. The fraction of sp³-hybridized carbons (Fsp3) is 0.435. The van der Waals surface area contributed by atoms with Crippen LogP contribution in [-0.4, -0.2) is 32.7 Å². The Hall–Kier alpha value is -2.52. The van der Waals surface area contributed by atoms with E-state index in [4.69, 9.17) is 9.47 Å². The molecular formula is C23H26N4O3S2. The predicted molar refractivity (Wildman–Crippen MR) is 126 cm³/mol. The van der Waals surface area contributed by atoms with Crippen molar-refractivity contribution in [2.45, 2.75) is 61.9 Å². The minimum Gasteiger partial charge on any atom is -0.454 e. The van der Waals surface area contributed by atoms with Crippen LogP contribution in [0.1, 0.15) is 55.8 Å². The van der Waals surface area contributed by atoms with Crippen LogP contribution in [0.15, 0.2) is 40.9 Å². The number of anilines is 1. The molecule has 1 aliphatic carbocycles. The van der Waals surface area contributed by atoms with Gasteiger partial charge in [0.2, 0.25) is 12.7 Å². The van der Waals surface area contributed by atoms with Crippen molar-refractivity contribution < 1.29 is 14.3 Å². The zero-order valence-corrected chi connectivity index (χ0v) is 19.6. The Labute approximate surface area is 195 Å². The second-order valence-electron chi connectivity index (χ2n) is 8.13. The van der Waals surface area contributed by atoms with Crippen LogP contribution in [0, 0.1) is 0 Å². The maximum Gasteiger partial charge on any atom is 0.237 e. The summed E-state index contributed by atoms with van der Waals surface area (Å²) in [6, 6.07) is 10.0. The third-order valence-electron chi connectivity index (χ3n) is 5.88. The molecule has 5 rings (SSSR count). The summed E-state index contributed by atoms with van der Waals surface area (Å²) in [5.41, 5.74) is 0.693. The number of nitrogens with one attached hydrogen (secondary N) is 1. The maximum atomic E-state index is 12.9. The van der Waals surface area contributed by atoms with Gasteiger partial charge in [-0.15, -0.1) is 21.5 Å². The van der Waals surface area contributed by atoms with E-state index < -0.39 is 0 Å². The molecule has 1 saturated carbocycles. The van der Waals surface area contributed by atoms with Crippen LogP contribution in [-0.2, 0) is 11.2 Å². The number of carbonyl (C=O) groups is 1. The Balaban J connectivity index is 1.32. The van der Waals surface area contributed by atoms with Gasteiger partial charge < -0.3 is 19.4 Å². The van der Waals surface area contributed by atoms with Crippen LogP contribution in [0.2, 0.25) is 0 Å². The first kappa shape index (κ1) is 21.3. The van der Waals surface area contributed by atoms with Gasteiger partial charge in [0.25, 0.3) is 0 Å². The quantitative estimate of drug-likeness (QED) is 0.473.